The normalized spacial score (nSPS) is 11.1. The van der Waals surface area contributed by atoms with Crippen molar-refractivity contribution >= 4 is 24.0 Å². The molecule has 1 heterocycles. The van der Waals surface area contributed by atoms with E-state index in [1.807, 2.05) is 6.92 Å². The van der Waals surface area contributed by atoms with Gasteiger partial charge in [0.2, 0.25) is 0 Å². The van der Waals surface area contributed by atoms with Gasteiger partial charge in [-0.15, -0.1) is 0 Å². The number of benzene rings is 1. The third-order valence-electron chi connectivity index (χ3n) is 2.19. The molecule has 0 radical (unpaired) electrons. The number of H-pyrrole nitrogens is 1. The molecule has 17 heavy (non-hydrogen) atoms. The van der Waals surface area contributed by atoms with Crippen molar-refractivity contribution in [2.75, 3.05) is 0 Å². The third kappa shape index (κ3) is 2.76. The standard InChI is InChI=1S/C11H10F2N2S2/c1-7-6-15(11(16)14-7)8-4-2-3-5-9(8)17-10(12)13/h2-6,10H,1H3,(H,14,16). The topological polar surface area (TPSA) is 20.7 Å². The molecule has 0 bridgehead atoms. The van der Waals surface area contributed by atoms with Gasteiger partial charge in [-0.25, -0.2) is 0 Å². The van der Waals surface area contributed by atoms with Crippen LogP contribution in [0, 0.1) is 11.7 Å². The summed E-state index contributed by atoms with van der Waals surface area (Å²) in [5, 5.41) is 0. The molecule has 0 aliphatic heterocycles. The zero-order valence-corrected chi connectivity index (χ0v) is 10.6. The molecule has 1 aromatic heterocycles. The summed E-state index contributed by atoms with van der Waals surface area (Å²) in [5.41, 5.74) is 1.57. The highest BCUT2D eigenvalue weighted by molar-refractivity contribution is 7.99. The van der Waals surface area contributed by atoms with Gasteiger partial charge in [0.15, 0.2) is 4.77 Å². The predicted octanol–water partition coefficient (Wildman–Crippen LogP) is 4.16. The van der Waals surface area contributed by atoms with Crippen molar-refractivity contribution in [2.45, 2.75) is 17.6 Å². The number of alkyl halides is 2. The first-order chi connectivity index (χ1) is 8.08. The molecule has 0 aliphatic carbocycles. The van der Waals surface area contributed by atoms with E-state index in [4.69, 9.17) is 12.2 Å². The van der Waals surface area contributed by atoms with Crippen LogP contribution < -0.4 is 0 Å². The Balaban J connectivity index is 2.51. The van der Waals surface area contributed by atoms with Crippen molar-refractivity contribution in [2.24, 2.45) is 0 Å². The van der Waals surface area contributed by atoms with Crippen LogP contribution in [-0.4, -0.2) is 15.3 Å². The average molecular weight is 272 g/mol. The minimum absolute atomic E-state index is 0.504. The Labute approximate surface area is 107 Å². The van der Waals surface area contributed by atoms with E-state index in [0.29, 0.717) is 27.1 Å². The third-order valence-corrected chi connectivity index (χ3v) is 3.26. The number of imidazole rings is 1. The lowest BCUT2D eigenvalue weighted by Crippen LogP contribution is -1.95. The van der Waals surface area contributed by atoms with Gasteiger partial charge in [0.1, 0.15) is 0 Å². The fraction of sp³-hybridized carbons (Fsp3) is 0.182. The van der Waals surface area contributed by atoms with Crippen LogP contribution in [-0.2, 0) is 0 Å². The summed E-state index contributed by atoms with van der Waals surface area (Å²) < 4.78 is 27.1. The van der Waals surface area contributed by atoms with Gasteiger partial charge in [-0.1, -0.05) is 23.9 Å². The Morgan fingerprint density at radius 3 is 2.65 bits per heavy atom. The van der Waals surface area contributed by atoms with Crippen LogP contribution in [0.4, 0.5) is 8.78 Å². The first-order valence-electron chi connectivity index (χ1n) is 4.90. The van der Waals surface area contributed by atoms with Crippen LogP contribution in [0.3, 0.4) is 0 Å². The number of halogens is 2. The smallest absolute Gasteiger partial charge is 0.288 e. The van der Waals surface area contributed by atoms with Gasteiger partial charge in [-0.2, -0.15) is 8.78 Å². The van der Waals surface area contributed by atoms with E-state index in [9.17, 15) is 8.78 Å². The average Bonchev–Trinajstić information content (AvgIpc) is 2.58. The number of nitrogens with one attached hydrogen (secondary N) is 1. The summed E-state index contributed by atoms with van der Waals surface area (Å²) in [5.74, 6) is -2.44. The molecule has 2 rings (SSSR count). The van der Waals surface area contributed by atoms with Crippen molar-refractivity contribution < 1.29 is 8.78 Å². The highest BCUT2D eigenvalue weighted by Crippen LogP contribution is 2.30. The Kier molecular flexibility index (Phi) is 3.63. The number of thioether (sulfide) groups is 1. The Bertz CT molecular complexity index is 575. The van der Waals surface area contributed by atoms with Gasteiger partial charge in [-0.05, 0) is 31.3 Å². The highest BCUT2D eigenvalue weighted by atomic mass is 32.2. The molecule has 0 spiro atoms. The zero-order valence-electron chi connectivity index (χ0n) is 8.98. The van der Waals surface area contributed by atoms with E-state index in [1.54, 1.807) is 35.0 Å². The van der Waals surface area contributed by atoms with E-state index in [-0.39, 0.29) is 0 Å². The molecule has 0 atom stereocenters. The quantitative estimate of drug-likeness (QED) is 0.669. The summed E-state index contributed by atoms with van der Waals surface area (Å²) in [7, 11) is 0. The van der Waals surface area contributed by atoms with Gasteiger partial charge < -0.3 is 4.98 Å². The van der Waals surface area contributed by atoms with Gasteiger partial charge >= 0.3 is 0 Å². The lowest BCUT2D eigenvalue weighted by Gasteiger charge is -2.08. The highest BCUT2D eigenvalue weighted by Gasteiger charge is 2.11. The minimum Gasteiger partial charge on any atom is -0.335 e. The number of hydrogen-bond donors (Lipinski definition) is 1. The van der Waals surface area contributed by atoms with Gasteiger partial charge in [0, 0.05) is 16.8 Å². The fourth-order valence-corrected chi connectivity index (χ4v) is 2.49. The molecular formula is C11H10F2N2S2. The lowest BCUT2D eigenvalue weighted by atomic mass is 10.3. The number of aromatic amines is 1. The van der Waals surface area contributed by atoms with Crippen molar-refractivity contribution in [1.82, 2.24) is 9.55 Å². The van der Waals surface area contributed by atoms with Crippen LogP contribution in [0.2, 0.25) is 0 Å². The molecule has 1 aromatic carbocycles. The Morgan fingerprint density at radius 2 is 2.06 bits per heavy atom. The minimum atomic E-state index is -2.44. The second-order valence-electron chi connectivity index (χ2n) is 3.46. The van der Waals surface area contributed by atoms with Crippen molar-refractivity contribution in [3.63, 3.8) is 0 Å². The summed E-state index contributed by atoms with van der Waals surface area (Å²) >= 11 is 5.66. The molecule has 6 heteroatoms. The molecule has 90 valence electrons. The van der Waals surface area contributed by atoms with E-state index < -0.39 is 5.76 Å². The maximum atomic E-state index is 12.4. The number of aromatic nitrogens is 2. The largest absolute Gasteiger partial charge is 0.335 e. The second kappa shape index (κ2) is 5.01. The number of rotatable bonds is 3. The molecule has 1 N–H and O–H groups in total. The lowest BCUT2D eigenvalue weighted by molar-refractivity contribution is 0.252. The monoisotopic (exact) mass is 272 g/mol. The summed E-state index contributed by atoms with van der Waals surface area (Å²) in [6.07, 6.45) is 1.80. The summed E-state index contributed by atoms with van der Waals surface area (Å²) in [4.78, 5) is 3.48. The predicted molar refractivity (Wildman–Crippen MR) is 67.6 cm³/mol. The van der Waals surface area contributed by atoms with E-state index in [0.717, 1.165) is 5.69 Å². The Morgan fingerprint density at radius 1 is 1.35 bits per heavy atom. The number of para-hydroxylation sites is 1. The molecule has 0 saturated carbocycles. The van der Waals surface area contributed by atoms with E-state index in [1.165, 1.54) is 0 Å². The van der Waals surface area contributed by atoms with Crippen molar-refractivity contribution in [3.05, 3.63) is 40.9 Å². The zero-order chi connectivity index (χ0) is 12.4. The molecule has 0 unspecified atom stereocenters. The maximum Gasteiger partial charge on any atom is 0.288 e. The van der Waals surface area contributed by atoms with Gasteiger partial charge in [0.25, 0.3) is 5.76 Å². The van der Waals surface area contributed by atoms with Gasteiger partial charge in [-0.3, -0.25) is 4.57 Å². The molecule has 2 aromatic rings. The molecular weight excluding hydrogens is 262 g/mol. The van der Waals surface area contributed by atoms with Crippen LogP contribution in [0.25, 0.3) is 5.69 Å². The summed E-state index contributed by atoms with van der Waals surface area (Å²) in [6, 6.07) is 6.97. The van der Waals surface area contributed by atoms with Crippen molar-refractivity contribution in [3.8, 4) is 5.69 Å². The fourth-order valence-electron chi connectivity index (χ4n) is 1.54. The number of nitrogens with zero attached hydrogens (tertiary/aromatic N) is 1. The van der Waals surface area contributed by atoms with E-state index in [2.05, 4.69) is 4.98 Å². The number of aryl methyl sites for hydroxylation is 1. The van der Waals surface area contributed by atoms with Crippen LogP contribution in [0.5, 0.6) is 0 Å². The summed E-state index contributed by atoms with van der Waals surface area (Å²) in [6.45, 7) is 1.87. The molecule has 0 saturated heterocycles. The first-order valence-corrected chi connectivity index (χ1v) is 6.19. The maximum absolute atomic E-state index is 12.4. The SMILES string of the molecule is Cc1cn(-c2ccccc2SC(F)F)c(=S)[nH]1. The first kappa shape index (κ1) is 12.3. The van der Waals surface area contributed by atoms with Crippen LogP contribution >= 0.6 is 24.0 Å². The molecule has 2 nitrogen and oxygen atoms in total. The Hall–Kier alpha value is -1.14. The van der Waals surface area contributed by atoms with Crippen molar-refractivity contribution in [1.29, 1.82) is 0 Å². The van der Waals surface area contributed by atoms with E-state index >= 15 is 0 Å². The van der Waals surface area contributed by atoms with Crippen LogP contribution in [0.15, 0.2) is 35.4 Å². The second-order valence-corrected chi connectivity index (χ2v) is 4.88. The number of hydrogen-bond acceptors (Lipinski definition) is 2. The molecule has 0 fully saturated rings. The van der Waals surface area contributed by atoms with Gasteiger partial charge in [0.05, 0.1) is 5.69 Å². The van der Waals surface area contributed by atoms with Crippen LogP contribution in [0.1, 0.15) is 5.69 Å². The molecule has 0 amide bonds. The molecule has 0 aliphatic rings.